The predicted molar refractivity (Wildman–Crippen MR) is 57.5 cm³/mol. The minimum atomic E-state index is -2.63. The summed E-state index contributed by atoms with van der Waals surface area (Å²) in [4.78, 5) is 10.3. The van der Waals surface area contributed by atoms with E-state index in [1.54, 1.807) is 6.92 Å². The molecule has 0 fully saturated rings. The van der Waals surface area contributed by atoms with E-state index in [1.807, 2.05) is 0 Å². The summed E-state index contributed by atoms with van der Waals surface area (Å²) in [5.74, 6) is -1.07. The van der Waals surface area contributed by atoms with Gasteiger partial charge in [-0.1, -0.05) is 0 Å². The van der Waals surface area contributed by atoms with Crippen LogP contribution in [0, 0.1) is 0 Å². The van der Waals surface area contributed by atoms with Crippen molar-refractivity contribution in [3.8, 4) is 0 Å². The van der Waals surface area contributed by atoms with Gasteiger partial charge in [-0.2, -0.15) is 0 Å². The van der Waals surface area contributed by atoms with E-state index in [-0.39, 0.29) is 25.0 Å². The fourth-order valence-electron chi connectivity index (χ4n) is 0.835. The van der Waals surface area contributed by atoms with Gasteiger partial charge >= 0.3 is 5.97 Å². The number of carbonyl (C=O) groups is 1. The Hall–Kier alpha value is -0.0900. The molecule has 0 saturated heterocycles. The summed E-state index contributed by atoms with van der Waals surface area (Å²) in [6, 6.07) is -0.950. The second-order valence-electron chi connectivity index (χ2n) is 2.89. The van der Waals surface area contributed by atoms with Crippen molar-refractivity contribution in [1.29, 1.82) is 0 Å². The molecule has 0 aliphatic heterocycles. The minimum Gasteiger partial charge on any atom is -0.480 e. The maximum atomic E-state index is 11.5. The Balaban J connectivity index is 0. The molecule has 0 heterocycles. The molecule has 14 heavy (non-hydrogen) atoms. The van der Waals surface area contributed by atoms with Crippen LogP contribution < -0.4 is 5.73 Å². The van der Waals surface area contributed by atoms with Crippen molar-refractivity contribution >= 4 is 25.7 Å². The maximum absolute atomic E-state index is 11.5. The number of hydrogen-bond acceptors (Lipinski definition) is 4. The molecule has 2 atom stereocenters. The molecule has 0 rings (SSSR count). The Bertz CT molecular complexity index is 224. The first-order chi connectivity index (χ1) is 5.89. The second kappa shape index (κ2) is 7.23. The first kappa shape index (κ1) is 16.3. The highest BCUT2D eigenvalue weighted by atomic mass is 35.5. The van der Waals surface area contributed by atoms with E-state index in [0.29, 0.717) is 6.61 Å². The van der Waals surface area contributed by atoms with Crippen LogP contribution >= 0.6 is 19.8 Å². The molecular weight excluding hydrogens is 229 g/mol. The Labute approximate surface area is 89.9 Å². The first-order valence-corrected chi connectivity index (χ1v) is 6.34. The molecule has 7 heteroatoms. The average molecular weight is 246 g/mol. The van der Waals surface area contributed by atoms with Crippen molar-refractivity contribution in [3.63, 3.8) is 0 Å². The van der Waals surface area contributed by atoms with Crippen LogP contribution in [0.2, 0.25) is 0 Å². The lowest BCUT2D eigenvalue weighted by Gasteiger charge is -2.13. The molecule has 0 amide bonds. The van der Waals surface area contributed by atoms with Crippen LogP contribution in [0.15, 0.2) is 0 Å². The standard InChI is InChI=1S/C7H16NO4P.ClH/c1-3-12-13(2,11)5-4-6(8)7(9)10;/h6H,3-5,8H2,1-2H3,(H,9,10);1H/t6-,13?;/m1./s1. The van der Waals surface area contributed by atoms with E-state index < -0.39 is 19.4 Å². The minimum absolute atomic E-state index is 0. The third-order valence-corrected chi connectivity index (χ3v) is 3.44. The smallest absolute Gasteiger partial charge is 0.320 e. The number of carboxylic acids is 1. The molecule has 0 aromatic carbocycles. The van der Waals surface area contributed by atoms with Crippen molar-refractivity contribution in [2.45, 2.75) is 19.4 Å². The number of carboxylic acid groups (broad SMARTS) is 1. The van der Waals surface area contributed by atoms with Gasteiger partial charge in [-0.25, -0.2) is 0 Å². The number of nitrogens with two attached hydrogens (primary N) is 1. The Morgan fingerprint density at radius 2 is 2.14 bits per heavy atom. The van der Waals surface area contributed by atoms with E-state index in [0.717, 1.165) is 0 Å². The molecule has 3 N–H and O–H groups in total. The SMILES string of the molecule is CCOP(C)(=O)CC[C@@H](N)C(=O)O.Cl. The van der Waals surface area contributed by atoms with Gasteiger partial charge < -0.3 is 15.4 Å². The van der Waals surface area contributed by atoms with Crippen molar-refractivity contribution in [2.24, 2.45) is 5.73 Å². The zero-order valence-electron chi connectivity index (χ0n) is 8.30. The molecule has 0 aromatic heterocycles. The van der Waals surface area contributed by atoms with E-state index in [2.05, 4.69) is 0 Å². The molecule has 0 spiro atoms. The molecule has 86 valence electrons. The largest absolute Gasteiger partial charge is 0.480 e. The molecule has 0 radical (unpaired) electrons. The van der Waals surface area contributed by atoms with Gasteiger partial charge in [0.2, 0.25) is 0 Å². The Kier molecular flexibility index (Phi) is 8.45. The summed E-state index contributed by atoms with van der Waals surface area (Å²) in [7, 11) is -2.63. The summed E-state index contributed by atoms with van der Waals surface area (Å²) < 4.78 is 16.4. The molecule has 0 aliphatic carbocycles. The molecule has 0 bridgehead atoms. The summed E-state index contributed by atoms with van der Waals surface area (Å²) in [5, 5.41) is 8.45. The highest BCUT2D eigenvalue weighted by Gasteiger charge is 2.19. The van der Waals surface area contributed by atoms with Crippen molar-refractivity contribution in [1.82, 2.24) is 0 Å². The summed E-state index contributed by atoms with van der Waals surface area (Å²) in [6.07, 6.45) is 0.400. The summed E-state index contributed by atoms with van der Waals surface area (Å²) in [5.41, 5.74) is 5.24. The van der Waals surface area contributed by atoms with Gasteiger partial charge in [-0.3, -0.25) is 9.36 Å². The third-order valence-electron chi connectivity index (χ3n) is 1.57. The van der Waals surface area contributed by atoms with Crippen LogP contribution in [0.1, 0.15) is 13.3 Å². The number of halogens is 1. The van der Waals surface area contributed by atoms with Gasteiger partial charge in [0.05, 0.1) is 6.61 Å². The highest BCUT2D eigenvalue weighted by Crippen LogP contribution is 2.42. The molecule has 0 aliphatic rings. The number of aliphatic carboxylic acids is 1. The van der Waals surface area contributed by atoms with Gasteiger partial charge in [0.1, 0.15) is 6.04 Å². The topological polar surface area (TPSA) is 89.6 Å². The summed E-state index contributed by atoms with van der Waals surface area (Å²) >= 11 is 0. The quantitative estimate of drug-likeness (QED) is 0.685. The fourth-order valence-corrected chi connectivity index (χ4v) is 2.26. The monoisotopic (exact) mass is 245 g/mol. The zero-order chi connectivity index (χ0) is 10.5. The average Bonchev–Trinajstić information content (AvgIpc) is 2.00. The third kappa shape index (κ3) is 7.33. The predicted octanol–water partition coefficient (Wildman–Crippen LogP) is 1.15. The second-order valence-corrected chi connectivity index (χ2v) is 5.62. The van der Waals surface area contributed by atoms with Gasteiger partial charge in [0.15, 0.2) is 7.37 Å². The Morgan fingerprint density at radius 1 is 1.64 bits per heavy atom. The summed E-state index contributed by atoms with van der Waals surface area (Å²) in [6.45, 7) is 3.61. The van der Waals surface area contributed by atoms with Crippen LogP contribution in [0.4, 0.5) is 0 Å². The van der Waals surface area contributed by atoms with E-state index in [9.17, 15) is 9.36 Å². The van der Waals surface area contributed by atoms with E-state index >= 15 is 0 Å². The number of hydrogen-bond donors (Lipinski definition) is 2. The van der Waals surface area contributed by atoms with E-state index in [4.69, 9.17) is 15.4 Å². The number of rotatable bonds is 6. The van der Waals surface area contributed by atoms with Gasteiger partial charge in [0.25, 0.3) is 0 Å². The molecule has 1 unspecified atom stereocenters. The van der Waals surface area contributed by atoms with Crippen molar-refractivity contribution in [2.75, 3.05) is 19.4 Å². The lowest BCUT2D eigenvalue weighted by Crippen LogP contribution is -2.30. The van der Waals surface area contributed by atoms with Crippen molar-refractivity contribution in [3.05, 3.63) is 0 Å². The lowest BCUT2D eigenvalue weighted by molar-refractivity contribution is -0.138. The molecule has 0 aromatic rings. The van der Waals surface area contributed by atoms with E-state index in [1.165, 1.54) is 6.66 Å². The highest BCUT2D eigenvalue weighted by molar-refractivity contribution is 7.58. The van der Waals surface area contributed by atoms with Gasteiger partial charge in [-0.05, 0) is 13.3 Å². The van der Waals surface area contributed by atoms with Crippen LogP contribution in [0.5, 0.6) is 0 Å². The lowest BCUT2D eigenvalue weighted by atomic mass is 10.2. The van der Waals surface area contributed by atoms with Gasteiger partial charge in [0, 0.05) is 12.8 Å². The first-order valence-electron chi connectivity index (χ1n) is 4.08. The normalized spacial score (nSPS) is 16.5. The van der Waals surface area contributed by atoms with Crippen LogP contribution in [0.3, 0.4) is 0 Å². The maximum Gasteiger partial charge on any atom is 0.320 e. The zero-order valence-corrected chi connectivity index (χ0v) is 10.0. The fraction of sp³-hybridized carbons (Fsp3) is 0.857. The molecule has 0 saturated carbocycles. The van der Waals surface area contributed by atoms with Crippen molar-refractivity contribution < 1.29 is 19.0 Å². The van der Waals surface area contributed by atoms with Gasteiger partial charge in [-0.15, -0.1) is 12.4 Å². The Morgan fingerprint density at radius 3 is 2.50 bits per heavy atom. The molecular formula is C7H17ClNO4P. The van der Waals surface area contributed by atoms with Crippen LogP contribution in [-0.4, -0.2) is 36.6 Å². The molecule has 5 nitrogen and oxygen atoms in total. The van der Waals surface area contributed by atoms with Crippen LogP contribution in [-0.2, 0) is 13.9 Å². The van der Waals surface area contributed by atoms with Crippen LogP contribution in [0.25, 0.3) is 0 Å².